The van der Waals surface area contributed by atoms with Crippen molar-refractivity contribution in [3.8, 4) is 6.07 Å². The highest BCUT2D eigenvalue weighted by Crippen LogP contribution is 2.56. The molecule has 1 amide bonds. The number of amides is 1. The molecule has 0 unspecified atom stereocenters. The van der Waals surface area contributed by atoms with E-state index in [9.17, 15) is 18.5 Å². The minimum absolute atomic E-state index is 0.0240. The molecule has 0 bridgehead atoms. The van der Waals surface area contributed by atoms with Crippen molar-refractivity contribution in [3.63, 3.8) is 0 Å². The van der Waals surface area contributed by atoms with E-state index in [1.807, 2.05) is 11.8 Å². The first-order chi connectivity index (χ1) is 16.2. The number of nitrogens with zero attached hydrogens (tertiary/aromatic N) is 4. The van der Waals surface area contributed by atoms with Crippen molar-refractivity contribution in [1.29, 1.82) is 5.26 Å². The van der Waals surface area contributed by atoms with Crippen LogP contribution in [0, 0.1) is 28.0 Å². The molecule has 1 aromatic rings. The van der Waals surface area contributed by atoms with Gasteiger partial charge < -0.3 is 4.90 Å². The van der Waals surface area contributed by atoms with Crippen LogP contribution in [0.5, 0.6) is 0 Å². The molecule has 35 heavy (non-hydrogen) atoms. The summed E-state index contributed by atoms with van der Waals surface area (Å²) in [6.45, 7) is 9.23. The van der Waals surface area contributed by atoms with E-state index in [0.717, 1.165) is 0 Å². The molecule has 3 fully saturated rings. The maximum Gasteiger partial charge on any atom is 0.241 e. The number of carbonyl (C=O) groups is 1. The van der Waals surface area contributed by atoms with Crippen LogP contribution in [0.3, 0.4) is 0 Å². The van der Waals surface area contributed by atoms with Gasteiger partial charge in [-0.2, -0.15) is 5.26 Å². The number of sulfonamides is 1. The molecule has 192 valence electrons. The summed E-state index contributed by atoms with van der Waals surface area (Å²) in [4.78, 5) is 17.9. The number of nitriles is 1. The first-order valence-corrected chi connectivity index (χ1v) is 14.3. The average Bonchev–Trinajstić information content (AvgIpc) is 3.21. The molecule has 4 rings (SSSR count). The maximum atomic E-state index is 15.3. The zero-order valence-electron chi connectivity index (χ0n) is 21.0. The molecule has 3 heterocycles. The monoisotopic (exact) mass is 524 g/mol. The molecule has 7 nitrogen and oxygen atoms in total. The summed E-state index contributed by atoms with van der Waals surface area (Å²) in [5.74, 6) is -1.37. The van der Waals surface area contributed by atoms with E-state index in [-0.39, 0.29) is 28.4 Å². The Labute approximate surface area is 212 Å². The number of fused-ring (bicyclic) bond motifs is 1. The molecule has 0 radical (unpaired) electrons. The van der Waals surface area contributed by atoms with Crippen LogP contribution in [-0.2, 0) is 14.8 Å². The molecule has 0 aromatic heterocycles. The van der Waals surface area contributed by atoms with Crippen LogP contribution in [0.2, 0.25) is 5.02 Å². The Hall–Kier alpha value is -1.73. The summed E-state index contributed by atoms with van der Waals surface area (Å²) in [6, 6.07) is 6.23. The first-order valence-electron chi connectivity index (χ1n) is 12.1. The highest BCUT2D eigenvalue weighted by atomic mass is 35.5. The number of benzene rings is 1. The molecule has 1 aromatic carbocycles. The van der Waals surface area contributed by atoms with E-state index in [1.165, 1.54) is 16.6 Å². The molecular weight excluding hydrogens is 491 g/mol. The Morgan fingerprint density at radius 3 is 2.43 bits per heavy atom. The summed E-state index contributed by atoms with van der Waals surface area (Å²) in [5, 5.41) is 10.4. The molecule has 0 saturated carbocycles. The number of piperidine rings is 1. The molecule has 3 saturated heterocycles. The van der Waals surface area contributed by atoms with Crippen LogP contribution in [0.15, 0.2) is 18.2 Å². The van der Waals surface area contributed by atoms with E-state index in [2.05, 4.69) is 31.7 Å². The molecule has 0 aliphatic carbocycles. The van der Waals surface area contributed by atoms with E-state index < -0.39 is 33.2 Å². The van der Waals surface area contributed by atoms with Crippen LogP contribution < -0.4 is 0 Å². The summed E-state index contributed by atoms with van der Waals surface area (Å²) >= 11 is 6.13. The van der Waals surface area contributed by atoms with Gasteiger partial charge in [-0.25, -0.2) is 17.1 Å². The summed E-state index contributed by atoms with van der Waals surface area (Å²) < 4.78 is 40.7. The van der Waals surface area contributed by atoms with Gasteiger partial charge in [-0.3, -0.25) is 9.69 Å². The van der Waals surface area contributed by atoms with Crippen molar-refractivity contribution in [2.24, 2.45) is 10.8 Å². The Morgan fingerprint density at radius 2 is 1.89 bits per heavy atom. The third-order valence-corrected chi connectivity index (χ3v) is 9.55. The van der Waals surface area contributed by atoms with Crippen LogP contribution in [-0.4, -0.2) is 72.6 Å². The van der Waals surface area contributed by atoms with Gasteiger partial charge in [0.2, 0.25) is 15.9 Å². The Morgan fingerprint density at radius 1 is 1.26 bits per heavy atom. The van der Waals surface area contributed by atoms with E-state index in [4.69, 9.17) is 11.6 Å². The van der Waals surface area contributed by atoms with Crippen molar-refractivity contribution in [2.45, 2.75) is 71.0 Å². The van der Waals surface area contributed by atoms with Gasteiger partial charge in [0.05, 0.1) is 35.5 Å². The molecule has 4 atom stereocenters. The van der Waals surface area contributed by atoms with E-state index in [0.29, 0.717) is 44.6 Å². The normalized spacial score (nSPS) is 31.1. The quantitative estimate of drug-likeness (QED) is 0.598. The van der Waals surface area contributed by atoms with Gasteiger partial charge in [-0.15, -0.1) is 0 Å². The summed E-state index contributed by atoms with van der Waals surface area (Å²) in [5.41, 5.74) is -0.813. The third-order valence-electron chi connectivity index (χ3n) is 7.96. The largest absolute Gasteiger partial charge is 0.325 e. The number of hydrogen-bond donors (Lipinski definition) is 0. The Balaban J connectivity index is 1.73. The minimum atomic E-state index is -3.27. The van der Waals surface area contributed by atoms with E-state index in [1.54, 1.807) is 12.1 Å². The molecular formula is C25H34ClFN4O3S. The smallest absolute Gasteiger partial charge is 0.241 e. The fraction of sp³-hybridized carbons (Fsp3) is 0.680. The maximum absolute atomic E-state index is 15.3. The molecule has 0 N–H and O–H groups in total. The van der Waals surface area contributed by atoms with Crippen molar-refractivity contribution in [1.82, 2.24) is 14.1 Å². The lowest BCUT2D eigenvalue weighted by Crippen LogP contribution is -2.49. The van der Waals surface area contributed by atoms with Crippen molar-refractivity contribution < 1.29 is 17.6 Å². The lowest BCUT2D eigenvalue weighted by Gasteiger charge is -2.40. The van der Waals surface area contributed by atoms with Gasteiger partial charge in [0.1, 0.15) is 5.82 Å². The SMILES string of the molecule is CC(C)(C)C[C@@H]1N2CN(C3CCN(S(C)(=O)=O)CC3)C(=O)[C@H]2[C@H](c2cccc(Cl)c2F)[C@]1(C)C#N. The first kappa shape index (κ1) is 26.3. The summed E-state index contributed by atoms with van der Waals surface area (Å²) in [6.07, 6.45) is 2.97. The van der Waals surface area contributed by atoms with Crippen molar-refractivity contribution in [3.05, 3.63) is 34.6 Å². The van der Waals surface area contributed by atoms with Crippen LogP contribution in [0.1, 0.15) is 58.4 Å². The van der Waals surface area contributed by atoms with Gasteiger partial charge >= 0.3 is 0 Å². The standard InChI is InChI=1S/C25H34ClFN4O3S/c1-24(2,3)13-19-25(4,14-28)20(17-7-6-8-18(26)21(17)27)22-23(32)30(15-31(19)22)16-9-11-29(12-10-16)35(5,33)34/h6-8,16,19-20,22H,9-13,15H2,1-5H3/t19-,20-,22+,25+/m0/s1. The van der Waals surface area contributed by atoms with E-state index >= 15 is 4.39 Å². The highest BCUT2D eigenvalue weighted by Gasteiger charge is 2.64. The zero-order chi connectivity index (χ0) is 25.9. The highest BCUT2D eigenvalue weighted by molar-refractivity contribution is 7.88. The van der Waals surface area contributed by atoms with Crippen LogP contribution in [0.25, 0.3) is 0 Å². The Bertz CT molecular complexity index is 1160. The number of carbonyl (C=O) groups excluding carboxylic acids is 1. The number of halogens is 2. The second kappa shape index (κ2) is 8.98. The van der Waals surface area contributed by atoms with Crippen LogP contribution in [0.4, 0.5) is 4.39 Å². The lowest BCUT2D eigenvalue weighted by molar-refractivity contribution is -0.132. The Kier molecular flexibility index (Phi) is 6.76. The van der Waals surface area contributed by atoms with Crippen LogP contribution >= 0.6 is 11.6 Å². The second-order valence-electron chi connectivity index (χ2n) is 11.6. The average molecular weight is 525 g/mol. The topological polar surface area (TPSA) is 84.7 Å². The zero-order valence-corrected chi connectivity index (χ0v) is 22.5. The van der Waals surface area contributed by atoms with Gasteiger partial charge in [-0.1, -0.05) is 44.5 Å². The fourth-order valence-electron chi connectivity index (χ4n) is 6.24. The number of hydrogen-bond acceptors (Lipinski definition) is 5. The molecule has 10 heteroatoms. The minimum Gasteiger partial charge on any atom is -0.325 e. The second-order valence-corrected chi connectivity index (χ2v) is 14.0. The fourth-order valence-corrected chi connectivity index (χ4v) is 7.30. The summed E-state index contributed by atoms with van der Waals surface area (Å²) in [7, 11) is -3.27. The van der Waals surface area contributed by atoms with Crippen molar-refractivity contribution in [2.75, 3.05) is 26.0 Å². The van der Waals surface area contributed by atoms with Gasteiger partial charge in [0.15, 0.2) is 0 Å². The van der Waals surface area contributed by atoms with Gasteiger partial charge in [0.25, 0.3) is 0 Å². The molecule has 0 spiro atoms. The number of rotatable bonds is 4. The van der Waals surface area contributed by atoms with Gasteiger partial charge in [0, 0.05) is 31.1 Å². The predicted octanol–water partition coefficient (Wildman–Crippen LogP) is 3.81. The lowest BCUT2D eigenvalue weighted by atomic mass is 9.67. The molecule has 3 aliphatic heterocycles. The predicted molar refractivity (Wildman–Crippen MR) is 133 cm³/mol. The van der Waals surface area contributed by atoms with Crippen molar-refractivity contribution >= 4 is 27.5 Å². The van der Waals surface area contributed by atoms with Gasteiger partial charge in [-0.05, 0) is 43.2 Å². The molecule has 3 aliphatic rings. The third kappa shape index (κ3) is 4.59.